The maximum Gasteiger partial charge on any atom is 0.259 e. The van der Waals surface area contributed by atoms with Gasteiger partial charge >= 0.3 is 0 Å². The number of nitrogens with one attached hydrogen (secondary N) is 1. The Morgan fingerprint density at radius 1 is 1.39 bits per heavy atom. The van der Waals surface area contributed by atoms with Gasteiger partial charge in [-0.2, -0.15) is 0 Å². The predicted octanol–water partition coefficient (Wildman–Crippen LogP) is 1.17. The topological polar surface area (TPSA) is 101 Å². The van der Waals surface area contributed by atoms with Crippen molar-refractivity contribution in [2.45, 2.75) is 45.6 Å². The van der Waals surface area contributed by atoms with Crippen LogP contribution in [0.2, 0.25) is 0 Å². The van der Waals surface area contributed by atoms with Crippen LogP contribution in [0.5, 0.6) is 0 Å². The van der Waals surface area contributed by atoms with E-state index in [0.29, 0.717) is 43.1 Å². The quantitative estimate of drug-likeness (QED) is 0.835. The minimum absolute atomic E-state index is 0. The number of hydrogen-bond donors (Lipinski definition) is 2. The number of nitrogens with two attached hydrogens (primary N) is 1. The molecule has 1 aromatic rings. The standard InChI is InChI=1S/C15H24N4O3.ClH/c1-10-14(11(2)22-18-10)15(21)19-8-4-3-5-12(19)9-17-13(20)6-7-16;/h12H,3-9,16H2,1-2H3,(H,17,20);1H. The first kappa shape index (κ1) is 19.4. The minimum Gasteiger partial charge on any atom is -0.361 e. The summed E-state index contributed by atoms with van der Waals surface area (Å²) in [6.07, 6.45) is 3.23. The molecule has 1 aliphatic rings. The van der Waals surface area contributed by atoms with E-state index in [2.05, 4.69) is 10.5 Å². The van der Waals surface area contributed by atoms with Crippen LogP contribution in [0.3, 0.4) is 0 Å². The third-order valence-corrected chi connectivity index (χ3v) is 4.04. The first-order valence-electron chi connectivity index (χ1n) is 7.75. The Kier molecular flexibility index (Phi) is 7.51. The molecule has 8 heteroatoms. The second-order valence-electron chi connectivity index (χ2n) is 5.69. The van der Waals surface area contributed by atoms with Crippen molar-refractivity contribution in [2.24, 2.45) is 5.73 Å². The number of amides is 2. The van der Waals surface area contributed by atoms with Crippen LogP contribution in [0.1, 0.15) is 47.5 Å². The van der Waals surface area contributed by atoms with E-state index in [1.165, 1.54) is 0 Å². The van der Waals surface area contributed by atoms with Crippen molar-refractivity contribution in [1.82, 2.24) is 15.4 Å². The highest BCUT2D eigenvalue weighted by atomic mass is 35.5. The molecule has 0 aliphatic carbocycles. The Morgan fingerprint density at radius 2 is 2.13 bits per heavy atom. The second-order valence-corrected chi connectivity index (χ2v) is 5.69. The molecule has 1 unspecified atom stereocenters. The lowest BCUT2D eigenvalue weighted by Gasteiger charge is -2.35. The molecule has 0 bridgehead atoms. The highest BCUT2D eigenvalue weighted by molar-refractivity contribution is 5.96. The fourth-order valence-electron chi connectivity index (χ4n) is 2.86. The molecule has 0 saturated carbocycles. The molecule has 2 heterocycles. The molecule has 23 heavy (non-hydrogen) atoms. The Hall–Kier alpha value is -1.60. The summed E-state index contributed by atoms with van der Waals surface area (Å²) in [6, 6.07) is 0.0108. The molecular formula is C15H25ClN4O3. The zero-order chi connectivity index (χ0) is 16.1. The average molecular weight is 345 g/mol. The Balaban J connectivity index is 0.00000264. The van der Waals surface area contributed by atoms with E-state index >= 15 is 0 Å². The van der Waals surface area contributed by atoms with Crippen molar-refractivity contribution in [3.8, 4) is 0 Å². The molecule has 0 radical (unpaired) electrons. The number of halogens is 1. The fourth-order valence-corrected chi connectivity index (χ4v) is 2.86. The van der Waals surface area contributed by atoms with Crippen LogP contribution in [0.25, 0.3) is 0 Å². The van der Waals surface area contributed by atoms with Crippen molar-refractivity contribution in [3.05, 3.63) is 17.0 Å². The SMILES string of the molecule is Cc1noc(C)c1C(=O)N1CCCCC1CNC(=O)CCN.Cl. The summed E-state index contributed by atoms with van der Waals surface area (Å²) in [7, 11) is 0. The van der Waals surface area contributed by atoms with E-state index in [1.54, 1.807) is 13.8 Å². The highest BCUT2D eigenvalue weighted by Gasteiger charge is 2.30. The number of carbonyl (C=O) groups excluding carboxylic acids is 2. The van der Waals surface area contributed by atoms with Crippen molar-refractivity contribution in [2.75, 3.05) is 19.6 Å². The van der Waals surface area contributed by atoms with Crippen molar-refractivity contribution < 1.29 is 14.1 Å². The summed E-state index contributed by atoms with van der Waals surface area (Å²) in [5.74, 6) is 0.408. The smallest absolute Gasteiger partial charge is 0.259 e. The van der Waals surface area contributed by atoms with Gasteiger partial charge in [0.25, 0.3) is 5.91 Å². The van der Waals surface area contributed by atoms with Gasteiger partial charge in [-0.15, -0.1) is 12.4 Å². The summed E-state index contributed by atoms with van der Waals surface area (Å²) in [4.78, 5) is 26.2. The van der Waals surface area contributed by atoms with Gasteiger partial charge in [0.15, 0.2) is 0 Å². The first-order valence-corrected chi connectivity index (χ1v) is 7.75. The molecule has 1 saturated heterocycles. The fraction of sp³-hybridized carbons (Fsp3) is 0.667. The van der Waals surface area contributed by atoms with Gasteiger partial charge in [-0.1, -0.05) is 5.16 Å². The molecule has 1 aliphatic heterocycles. The zero-order valence-electron chi connectivity index (χ0n) is 13.6. The van der Waals surface area contributed by atoms with Gasteiger partial charge < -0.3 is 20.5 Å². The monoisotopic (exact) mass is 344 g/mol. The third kappa shape index (κ3) is 4.68. The summed E-state index contributed by atoms with van der Waals surface area (Å²) in [6.45, 7) is 5.01. The van der Waals surface area contributed by atoms with E-state index in [0.717, 1.165) is 19.3 Å². The van der Waals surface area contributed by atoms with Gasteiger partial charge in [0.1, 0.15) is 11.3 Å². The zero-order valence-corrected chi connectivity index (χ0v) is 14.4. The third-order valence-electron chi connectivity index (χ3n) is 4.04. The molecule has 3 N–H and O–H groups in total. The number of piperidine rings is 1. The molecule has 7 nitrogen and oxygen atoms in total. The second kappa shape index (κ2) is 8.88. The Morgan fingerprint density at radius 3 is 2.74 bits per heavy atom. The van der Waals surface area contributed by atoms with Gasteiger partial charge in [0.2, 0.25) is 5.91 Å². The van der Waals surface area contributed by atoms with Crippen LogP contribution in [-0.4, -0.2) is 47.5 Å². The highest BCUT2D eigenvalue weighted by Crippen LogP contribution is 2.22. The molecule has 0 spiro atoms. The number of carbonyl (C=O) groups is 2. The number of nitrogens with zero attached hydrogens (tertiary/aromatic N) is 2. The van der Waals surface area contributed by atoms with Gasteiger partial charge in [-0.05, 0) is 33.1 Å². The van der Waals surface area contributed by atoms with Gasteiger partial charge in [-0.25, -0.2) is 0 Å². The molecular weight excluding hydrogens is 320 g/mol. The Bertz CT molecular complexity index is 527. The molecule has 130 valence electrons. The van der Waals surface area contributed by atoms with Crippen LogP contribution >= 0.6 is 12.4 Å². The van der Waals surface area contributed by atoms with Crippen LogP contribution in [0.4, 0.5) is 0 Å². The van der Waals surface area contributed by atoms with Crippen LogP contribution in [0.15, 0.2) is 4.52 Å². The van der Waals surface area contributed by atoms with Crippen molar-refractivity contribution in [1.29, 1.82) is 0 Å². The maximum atomic E-state index is 12.8. The number of hydrogen-bond acceptors (Lipinski definition) is 5. The van der Waals surface area contributed by atoms with Gasteiger partial charge in [0, 0.05) is 32.1 Å². The summed E-state index contributed by atoms with van der Waals surface area (Å²) in [5.41, 5.74) is 6.52. The summed E-state index contributed by atoms with van der Waals surface area (Å²) in [5, 5.41) is 6.71. The normalized spacial score (nSPS) is 17.5. The van der Waals surface area contributed by atoms with E-state index in [4.69, 9.17) is 10.3 Å². The number of rotatable bonds is 5. The molecule has 2 amide bonds. The number of aromatic nitrogens is 1. The lowest BCUT2D eigenvalue weighted by Crippen LogP contribution is -2.49. The molecule has 2 rings (SSSR count). The predicted molar refractivity (Wildman–Crippen MR) is 88.6 cm³/mol. The molecule has 1 fully saturated rings. The van der Waals surface area contributed by atoms with Crippen molar-refractivity contribution in [3.63, 3.8) is 0 Å². The molecule has 1 atom stereocenters. The van der Waals surface area contributed by atoms with E-state index < -0.39 is 0 Å². The lowest BCUT2D eigenvalue weighted by molar-refractivity contribution is -0.121. The largest absolute Gasteiger partial charge is 0.361 e. The van der Waals surface area contributed by atoms with Crippen LogP contribution < -0.4 is 11.1 Å². The summed E-state index contributed by atoms with van der Waals surface area (Å²) >= 11 is 0. The summed E-state index contributed by atoms with van der Waals surface area (Å²) < 4.78 is 5.09. The number of likely N-dealkylation sites (tertiary alicyclic amines) is 1. The van der Waals surface area contributed by atoms with Crippen molar-refractivity contribution >= 4 is 24.2 Å². The minimum atomic E-state index is -0.0715. The van der Waals surface area contributed by atoms with Gasteiger partial charge in [0.05, 0.1) is 5.69 Å². The number of aryl methyl sites for hydroxylation is 2. The maximum absolute atomic E-state index is 12.8. The average Bonchev–Trinajstić information content (AvgIpc) is 2.84. The van der Waals surface area contributed by atoms with E-state index in [1.807, 2.05) is 4.90 Å². The molecule has 0 aromatic carbocycles. The van der Waals surface area contributed by atoms with E-state index in [9.17, 15) is 9.59 Å². The van der Waals surface area contributed by atoms with Crippen LogP contribution in [-0.2, 0) is 4.79 Å². The van der Waals surface area contributed by atoms with E-state index in [-0.39, 0.29) is 30.3 Å². The Labute approximate surface area is 142 Å². The first-order chi connectivity index (χ1) is 10.5. The molecule has 1 aromatic heterocycles. The lowest BCUT2D eigenvalue weighted by atomic mass is 10.00. The van der Waals surface area contributed by atoms with Crippen LogP contribution in [0, 0.1) is 13.8 Å². The van der Waals surface area contributed by atoms with Gasteiger partial charge in [-0.3, -0.25) is 9.59 Å².